The Morgan fingerprint density at radius 1 is 0.971 bits per heavy atom. The number of hydrogen-bond acceptors (Lipinski definition) is 4. The molecule has 0 spiro atoms. The van der Waals surface area contributed by atoms with Gasteiger partial charge in [-0.15, -0.1) is 0 Å². The van der Waals surface area contributed by atoms with Gasteiger partial charge in [-0.1, -0.05) is 30.3 Å². The predicted octanol–water partition coefficient (Wildman–Crippen LogP) is 4.68. The Balaban J connectivity index is 1.58. The minimum absolute atomic E-state index is 0.0818. The molecule has 1 aliphatic heterocycles. The number of hydrogen-bond donors (Lipinski definition) is 1. The van der Waals surface area contributed by atoms with Gasteiger partial charge in [0.1, 0.15) is 11.6 Å². The molecule has 0 fully saturated rings. The number of carbonyl (C=O) groups is 2. The van der Waals surface area contributed by atoms with E-state index < -0.39 is 22.5 Å². The molecule has 0 saturated carbocycles. The number of anilines is 1. The summed E-state index contributed by atoms with van der Waals surface area (Å²) in [6, 6.07) is 21.0. The summed E-state index contributed by atoms with van der Waals surface area (Å²) in [5, 5.41) is 2.77. The highest BCUT2D eigenvalue weighted by atomic mass is 32.2. The summed E-state index contributed by atoms with van der Waals surface area (Å²) in [6.07, 6.45) is 1.52. The molecule has 0 radical (unpaired) electrons. The molecule has 3 aromatic carbocycles. The molecular weight excluding hydrogens is 455 g/mol. The minimum Gasteiger partial charge on any atom is -0.467 e. The highest BCUT2D eigenvalue weighted by molar-refractivity contribution is 7.85. The Morgan fingerprint density at radius 2 is 1.76 bits per heavy atom. The number of rotatable bonds is 5. The van der Waals surface area contributed by atoms with Crippen molar-refractivity contribution >= 4 is 28.3 Å². The molecule has 2 heterocycles. The molecule has 0 unspecified atom stereocenters. The first-order valence-electron chi connectivity index (χ1n) is 10.5. The average Bonchev–Trinajstić information content (AvgIpc) is 3.37. The van der Waals surface area contributed by atoms with Crippen LogP contribution in [0.15, 0.2) is 99.3 Å². The van der Waals surface area contributed by atoms with Crippen LogP contribution in [0.3, 0.4) is 0 Å². The van der Waals surface area contributed by atoms with Gasteiger partial charge >= 0.3 is 0 Å². The SMILES string of the molecule is O=C(NCc1ccco1)c1ccc2c(c1)N(Cc1ccccc1F)C(=O)c1ccccc1[S@]2=O. The molecule has 8 heteroatoms. The number of nitrogens with one attached hydrogen (secondary N) is 1. The van der Waals surface area contributed by atoms with Crippen molar-refractivity contribution in [1.82, 2.24) is 5.32 Å². The quantitative estimate of drug-likeness (QED) is 0.456. The minimum atomic E-state index is -1.66. The lowest BCUT2D eigenvalue weighted by atomic mass is 10.1. The fourth-order valence-corrected chi connectivity index (χ4v) is 5.19. The van der Waals surface area contributed by atoms with Crippen LogP contribution in [-0.2, 0) is 23.9 Å². The summed E-state index contributed by atoms with van der Waals surface area (Å²) in [5.41, 5.74) is 1.16. The van der Waals surface area contributed by atoms with Crippen molar-refractivity contribution in [2.24, 2.45) is 0 Å². The van der Waals surface area contributed by atoms with Crippen LogP contribution in [-0.4, -0.2) is 16.0 Å². The van der Waals surface area contributed by atoms with Crippen LogP contribution in [0.4, 0.5) is 10.1 Å². The second-order valence-corrected chi connectivity index (χ2v) is 9.11. The van der Waals surface area contributed by atoms with Crippen LogP contribution in [0, 0.1) is 5.82 Å². The summed E-state index contributed by atoms with van der Waals surface area (Å²) in [7, 11) is -1.66. The molecular formula is C26H19FN2O4S. The lowest BCUT2D eigenvalue weighted by Gasteiger charge is -2.24. The number of furan rings is 1. The van der Waals surface area contributed by atoms with Crippen LogP contribution < -0.4 is 10.2 Å². The van der Waals surface area contributed by atoms with E-state index in [0.29, 0.717) is 26.8 Å². The van der Waals surface area contributed by atoms with Crippen LogP contribution in [0.5, 0.6) is 0 Å². The number of carbonyl (C=O) groups excluding carboxylic acids is 2. The van der Waals surface area contributed by atoms with Gasteiger partial charge in [-0.3, -0.25) is 9.59 Å². The third kappa shape index (κ3) is 4.04. The van der Waals surface area contributed by atoms with Crippen molar-refractivity contribution in [3.8, 4) is 0 Å². The van der Waals surface area contributed by atoms with Crippen LogP contribution >= 0.6 is 0 Å². The number of nitrogens with zero attached hydrogens (tertiary/aromatic N) is 1. The van der Waals surface area contributed by atoms with Gasteiger partial charge < -0.3 is 14.6 Å². The Morgan fingerprint density at radius 3 is 2.56 bits per heavy atom. The summed E-state index contributed by atoms with van der Waals surface area (Å²) in [6.45, 7) is 0.111. The molecule has 0 bridgehead atoms. The number of fused-ring (bicyclic) bond motifs is 2. The zero-order valence-corrected chi connectivity index (χ0v) is 18.7. The Hall–Kier alpha value is -4.04. The lowest BCUT2D eigenvalue weighted by Crippen LogP contribution is -2.31. The van der Waals surface area contributed by atoms with Crippen LogP contribution in [0.2, 0.25) is 0 Å². The van der Waals surface area contributed by atoms with E-state index in [0.717, 1.165) is 0 Å². The molecule has 1 aromatic heterocycles. The zero-order chi connectivity index (χ0) is 23.7. The molecule has 1 atom stereocenters. The van der Waals surface area contributed by atoms with Gasteiger partial charge in [0.25, 0.3) is 11.8 Å². The maximum Gasteiger partial charge on any atom is 0.259 e. The zero-order valence-electron chi connectivity index (χ0n) is 17.9. The molecule has 170 valence electrons. The monoisotopic (exact) mass is 474 g/mol. The molecule has 4 aromatic rings. The summed E-state index contributed by atoms with van der Waals surface area (Å²) in [4.78, 5) is 28.5. The second kappa shape index (κ2) is 9.07. The molecule has 6 nitrogen and oxygen atoms in total. The van der Waals surface area contributed by atoms with E-state index in [-0.39, 0.29) is 30.1 Å². The highest BCUT2D eigenvalue weighted by Gasteiger charge is 2.32. The Bertz CT molecular complexity index is 1420. The van der Waals surface area contributed by atoms with Crippen molar-refractivity contribution in [2.45, 2.75) is 22.9 Å². The predicted molar refractivity (Wildman–Crippen MR) is 124 cm³/mol. The molecule has 0 aliphatic carbocycles. The number of amides is 2. The van der Waals surface area contributed by atoms with E-state index in [9.17, 15) is 18.2 Å². The van der Waals surface area contributed by atoms with Crippen LogP contribution in [0.25, 0.3) is 0 Å². The van der Waals surface area contributed by atoms with E-state index in [1.807, 2.05) is 0 Å². The summed E-state index contributed by atoms with van der Waals surface area (Å²) >= 11 is 0. The van der Waals surface area contributed by atoms with E-state index >= 15 is 0 Å². The smallest absolute Gasteiger partial charge is 0.259 e. The van der Waals surface area contributed by atoms with Gasteiger partial charge in [0, 0.05) is 11.1 Å². The van der Waals surface area contributed by atoms with E-state index in [1.54, 1.807) is 66.7 Å². The lowest BCUT2D eigenvalue weighted by molar-refractivity contribution is 0.0945. The normalized spacial score (nSPS) is 14.8. The molecule has 2 amide bonds. The third-order valence-electron chi connectivity index (χ3n) is 5.56. The number of halogens is 1. The molecule has 1 N–H and O–H groups in total. The maximum atomic E-state index is 14.5. The fourth-order valence-electron chi connectivity index (χ4n) is 3.84. The van der Waals surface area contributed by atoms with Crippen molar-refractivity contribution in [3.05, 3.63) is 113 Å². The standard InChI is InChI=1S/C26H19FN2O4S/c27-21-9-3-1-6-18(21)16-29-22-14-17(25(30)28-15-19-7-5-13-33-19)11-12-24(22)34(32)23-10-4-2-8-20(23)26(29)31/h1-14H,15-16H2,(H,28,30)/t34-/m1/s1. The molecule has 1 aliphatic rings. The van der Waals surface area contributed by atoms with E-state index in [2.05, 4.69) is 5.32 Å². The van der Waals surface area contributed by atoms with Crippen molar-refractivity contribution in [1.29, 1.82) is 0 Å². The summed E-state index contributed by atoms with van der Waals surface area (Å²) < 4.78 is 33.2. The van der Waals surface area contributed by atoms with E-state index in [1.165, 1.54) is 23.3 Å². The first-order valence-corrected chi connectivity index (χ1v) is 11.7. The largest absolute Gasteiger partial charge is 0.467 e. The van der Waals surface area contributed by atoms with Crippen molar-refractivity contribution < 1.29 is 22.6 Å². The van der Waals surface area contributed by atoms with Crippen molar-refractivity contribution in [3.63, 3.8) is 0 Å². The Kier molecular flexibility index (Phi) is 5.81. The first kappa shape index (κ1) is 21.8. The van der Waals surface area contributed by atoms with Gasteiger partial charge in [0.15, 0.2) is 0 Å². The Labute approximate surface area is 197 Å². The molecule has 34 heavy (non-hydrogen) atoms. The maximum absolute atomic E-state index is 14.5. The van der Waals surface area contributed by atoms with E-state index in [4.69, 9.17) is 4.42 Å². The van der Waals surface area contributed by atoms with Gasteiger partial charge in [-0.25, -0.2) is 8.60 Å². The fraction of sp³-hybridized carbons (Fsp3) is 0.0769. The molecule has 5 rings (SSSR count). The molecule has 0 saturated heterocycles. The average molecular weight is 475 g/mol. The van der Waals surface area contributed by atoms with Gasteiger partial charge in [-0.05, 0) is 48.5 Å². The second-order valence-electron chi connectivity index (χ2n) is 7.69. The van der Waals surface area contributed by atoms with Gasteiger partial charge in [0.05, 0.1) is 51.2 Å². The first-order chi connectivity index (χ1) is 16.5. The van der Waals surface area contributed by atoms with Crippen LogP contribution in [0.1, 0.15) is 32.0 Å². The van der Waals surface area contributed by atoms with Crippen molar-refractivity contribution in [2.75, 3.05) is 4.90 Å². The highest BCUT2D eigenvalue weighted by Crippen LogP contribution is 2.36. The van der Waals surface area contributed by atoms with Gasteiger partial charge in [0.2, 0.25) is 0 Å². The topological polar surface area (TPSA) is 79.6 Å². The third-order valence-corrected chi connectivity index (χ3v) is 7.06. The summed E-state index contributed by atoms with van der Waals surface area (Å²) in [5.74, 6) is -0.664. The van der Waals surface area contributed by atoms with Gasteiger partial charge in [-0.2, -0.15) is 0 Å². The number of benzene rings is 3.